The van der Waals surface area contributed by atoms with Crippen LogP contribution in [0.1, 0.15) is 45.5 Å². The monoisotopic (exact) mass is 406 g/mol. The highest BCUT2D eigenvalue weighted by molar-refractivity contribution is 5.91. The molecule has 0 N–H and O–H groups in total. The minimum absolute atomic E-state index is 0.513. The lowest BCUT2D eigenvalue weighted by molar-refractivity contribution is 0.112. The fourth-order valence-electron chi connectivity index (χ4n) is 5.35. The van der Waals surface area contributed by atoms with Gasteiger partial charge >= 0.3 is 0 Å². The van der Waals surface area contributed by atoms with E-state index in [1.807, 2.05) is 6.07 Å². The Hall–Kier alpha value is -3.38. The molecule has 0 atom stereocenters. The maximum Gasteiger partial charge on any atom is 0.151 e. The van der Waals surface area contributed by atoms with Crippen molar-refractivity contribution in [3.63, 3.8) is 0 Å². The van der Waals surface area contributed by atoms with Gasteiger partial charge in [-0.05, 0) is 71.9 Å². The van der Waals surface area contributed by atoms with Crippen LogP contribution in [-0.2, 0) is 19.3 Å². The van der Waals surface area contributed by atoms with Crippen LogP contribution in [-0.4, -0.2) is 19.4 Å². The molecule has 1 aliphatic heterocycles. The number of aryl methyl sites for hydroxylation is 1. The lowest BCUT2D eigenvalue weighted by atomic mass is 9.81. The molecule has 3 aromatic carbocycles. The highest BCUT2D eigenvalue weighted by atomic mass is 16.1. The zero-order valence-corrected chi connectivity index (χ0v) is 17.7. The van der Waals surface area contributed by atoms with Crippen LogP contribution in [0.2, 0.25) is 0 Å². The smallest absolute Gasteiger partial charge is 0.151 e. The molecule has 1 heterocycles. The number of nitrogens with zero attached hydrogens (tertiary/aromatic N) is 2. The molecule has 0 aromatic heterocycles. The Morgan fingerprint density at radius 3 is 2.45 bits per heavy atom. The summed E-state index contributed by atoms with van der Waals surface area (Å²) in [5.41, 5.74) is 8.37. The summed E-state index contributed by atoms with van der Waals surface area (Å²) in [6.45, 7) is 1.87. The molecule has 0 spiro atoms. The number of fused-ring (bicyclic) bond motifs is 3. The number of anilines is 1. The zero-order chi connectivity index (χ0) is 21.2. The topological polar surface area (TPSA) is 44.1 Å². The highest BCUT2D eigenvalue weighted by Gasteiger charge is 2.29. The Morgan fingerprint density at radius 1 is 0.968 bits per heavy atom. The van der Waals surface area contributed by atoms with E-state index < -0.39 is 0 Å². The average Bonchev–Trinajstić information content (AvgIpc) is 2.83. The molecular formula is C28H26N2O. The van der Waals surface area contributed by atoms with Crippen LogP contribution in [0.25, 0.3) is 11.1 Å². The zero-order valence-electron chi connectivity index (χ0n) is 17.7. The van der Waals surface area contributed by atoms with Gasteiger partial charge in [-0.25, -0.2) is 0 Å². The van der Waals surface area contributed by atoms with Crippen LogP contribution in [0.15, 0.2) is 60.7 Å². The molecule has 3 aromatic rings. The summed E-state index contributed by atoms with van der Waals surface area (Å²) < 4.78 is 0. The predicted molar refractivity (Wildman–Crippen MR) is 124 cm³/mol. The number of hydrogen-bond acceptors (Lipinski definition) is 3. The van der Waals surface area contributed by atoms with E-state index in [1.165, 1.54) is 22.3 Å². The van der Waals surface area contributed by atoms with Crippen molar-refractivity contribution in [2.75, 3.05) is 18.0 Å². The summed E-state index contributed by atoms with van der Waals surface area (Å²) in [5.74, 6) is 0.662. The minimum atomic E-state index is 0.513. The molecule has 0 amide bonds. The number of nitriles is 1. The van der Waals surface area contributed by atoms with Gasteiger partial charge in [-0.3, -0.25) is 4.79 Å². The van der Waals surface area contributed by atoms with Gasteiger partial charge in [0.25, 0.3) is 0 Å². The van der Waals surface area contributed by atoms with Crippen molar-refractivity contribution in [3.05, 3.63) is 88.5 Å². The van der Waals surface area contributed by atoms with Crippen molar-refractivity contribution in [1.29, 1.82) is 5.26 Å². The normalized spacial score (nSPS) is 15.6. The summed E-state index contributed by atoms with van der Waals surface area (Å²) in [5, 5.41) is 9.97. The van der Waals surface area contributed by atoms with E-state index in [2.05, 4.69) is 65.6 Å². The molecule has 154 valence electrons. The molecule has 0 unspecified atom stereocenters. The summed E-state index contributed by atoms with van der Waals surface area (Å²) in [4.78, 5) is 14.3. The van der Waals surface area contributed by atoms with Crippen LogP contribution < -0.4 is 4.90 Å². The molecule has 3 heteroatoms. The third-order valence-electron chi connectivity index (χ3n) is 6.92. The molecular weight excluding hydrogens is 380 g/mol. The second kappa shape index (κ2) is 8.40. The van der Waals surface area contributed by atoms with Crippen LogP contribution in [0.3, 0.4) is 0 Å². The summed E-state index contributed by atoms with van der Waals surface area (Å²) >= 11 is 0. The molecule has 0 saturated carbocycles. The first-order chi connectivity index (χ1) is 15.3. The fraction of sp³-hybridized carbons (Fsp3) is 0.286. The van der Waals surface area contributed by atoms with E-state index in [0.717, 1.165) is 62.7 Å². The summed E-state index contributed by atoms with van der Waals surface area (Å²) in [7, 11) is 0. The van der Waals surface area contributed by atoms with Crippen LogP contribution >= 0.6 is 0 Å². The second-order valence-electron chi connectivity index (χ2n) is 8.72. The number of aldehydes is 1. The van der Waals surface area contributed by atoms with Gasteiger partial charge in [0.1, 0.15) is 6.07 Å². The van der Waals surface area contributed by atoms with Gasteiger partial charge in [0, 0.05) is 18.7 Å². The Bertz CT molecular complexity index is 1150. The second-order valence-corrected chi connectivity index (χ2v) is 8.72. The molecule has 0 bridgehead atoms. The van der Waals surface area contributed by atoms with Gasteiger partial charge in [-0.15, -0.1) is 0 Å². The van der Waals surface area contributed by atoms with E-state index in [-0.39, 0.29) is 0 Å². The van der Waals surface area contributed by atoms with Gasteiger partial charge in [-0.2, -0.15) is 5.26 Å². The van der Waals surface area contributed by atoms with Crippen LogP contribution in [0.5, 0.6) is 0 Å². The average molecular weight is 407 g/mol. The van der Waals surface area contributed by atoms with Crippen LogP contribution in [0.4, 0.5) is 5.69 Å². The summed E-state index contributed by atoms with van der Waals surface area (Å²) in [6.07, 6.45) is 6.07. The van der Waals surface area contributed by atoms with Crippen molar-refractivity contribution in [2.45, 2.75) is 32.1 Å². The summed E-state index contributed by atoms with van der Waals surface area (Å²) in [6, 6.07) is 23.5. The quantitative estimate of drug-likeness (QED) is 0.530. The van der Waals surface area contributed by atoms with Gasteiger partial charge in [0.2, 0.25) is 0 Å². The first-order valence-electron chi connectivity index (χ1n) is 11.2. The predicted octanol–water partition coefficient (Wildman–Crippen LogP) is 5.60. The number of rotatable bonds is 4. The molecule has 0 radical (unpaired) electrons. The van der Waals surface area contributed by atoms with Crippen molar-refractivity contribution >= 4 is 12.0 Å². The Labute approximate surface area is 183 Å². The maximum atomic E-state index is 11.9. The molecule has 1 saturated heterocycles. The Kier molecular flexibility index (Phi) is 5.30. The number of benzene rings is 3. The van der Waals surface area contributed by atoms with Crippen molar-refractivity contribution < 1.29 is 4.79 Å². The number of hydrogen-bond donors (Lipinski definition) is 0. The lowest BCUT2D eigenvalue weighted by Gasteiger charge is -2.37. The van der Waals surface area contributed by atoms with Gasteiger partial charge in [0.05, 0.1) is 11.3 Å². The molecule has 5 rings (SSSR count). The lowest BCUT2D eigenvalue weighted by Crippen LogP contribution is -2.36. The van der Waals surface area contributed by atoms with E-state index in [9.17, 15) is 10.1 Å². The van der Waals surface area contributed by atoms with E-state index in [4.69, 9.17) is 0 Å². The molecule has 3 nitrogen and oxygen atoms in total. The van der Waals surface area contributed by atoms with Gasteiger partial charge < -0.3 is 4.90 Å². The third kappa shape index (κ3) is 3.64. The molecule has 2 aliphatic rings. The number of carbonyl (C=O) groups is 1. The van der Waals surface area contributed by atoms with Crippen LogP contribution in [0, 0.1) is 17.2 Å². The Balaban J connectivity index is 1.48. The number of piperidine rings is 1. The van der Waals surface area contributed by atoms with Gasteiger partial charge in [-0.1, -0.05) is 54.6 Å². The molecule has 1 aliphatic carbocycles. The van der Waals surface area contributed by atoms with E-state index in [0.29, 0.717) is 17.0 Å². The molecule has 31 heavy (non-hydrogen) atoms. The molecule has 1 fully saturated rings. The minimum Gasteiger partial charge on any atom is -0.370 e. The maximum absolute atomic E-state index is 11.9. The van der Waals surface area contributed by atoms with Crippen molar-refractivity contribution in [3.8, 4) is 17.2 Å². The first-order valence-corrected chi connectivity index (χ1v) is 11.2. The van der Waals surface area contributed by atoms with Gasteiger partial charge in [0.15, 0.2) is 6.29 Å². The van der Waals surface area contributed by atoms with Crippen molar-refractivity contribution in [1.82, 2.24) is 0 Å². The first kappa shape index (κ1) is 19.6. The van der Waals surface area contributed by atoms with E-state index >= 15 is 0 Å². The largest absolute Gasteiger partial charge is 0.370 e. The third-order valence-corrected chi connectivity index (χ3v) is 6.92. The standard InChI is InChI=1S/C28H26N2O/c29-18-27-23(19-31)17-26-24-9-5-4-8-22(24)10-11-25(26)28(27)30-14-12-21(13-15-30)16-20-6-2-1-3-7-20/h1-9,17,19,21H,10-16H2. The highest BCUT2D eigenvalue weighted by Crippen LogP contribution is 2.42. The SMILES string of the molecule is N#Cc1c(C=O)cc2c(c1N1CCC(Cc3ccccc3)CC1)CCc1ccccc1-2. The van der Waals surface area contributed by atoms with E-state index in [1.54, 1.807) is 0 Å². The number of carbonyl (C=O) groups excluding carboxylic acids is 1. The fourth-order valence-corrected chi connectivity index (χ4v) is 5.35. The Morgan fingerprint density at radius 2 is 1.71 bits per heavy atom. The van der Waals surface area contributed by atoms with Crippen molar-refractivity contribution in [2.24, 2.45) is 5.92 Å².